The fourth-order valence-electron chi connectivity index (χ4n) is 9.95. The Kier molecular flexibility index (Phi) is 33.4. The average molecular weight is 1160 g/mol. The first-order chi connectivity index (χ1) is 41.1. The Labute approximate surface area is 499 Å². The van der Waals surface area contributed by atoms with E-state index in [4.69, 9.17) is 33.2 Å². The van der Waals surface area contributed by atoms with Gasteiger partial charge < -0.3 is 33.2 Å². The van der Waals surface area contributed by atoms with Crippen LogP contribution >= 0.6 is 0 Å². The standard InChI is InChI=1S/C71H94F2O11/c1-4-6-8-10-12-14-16-18-20-22-24-26-28-30-32-34-48-79-57-36-40-59(41-37-57)81-70(76)64-46-44-61(53-66(64)72)83-68(74)55-50-56(52-63(51-55)78-3)69(75)84-62-45-47-65(67(73)54-62)71(77)82-60-42-38-58(39-43-60)80-49-35-33-31-29-27-25-23-21-19-17-15-13-11-9-7-5-2/h36-47,50-54H,4-35,48-49H2,1-3H3. The van der Waals surface area contributed by atoms with Crippen molar-refractivity contribution in [3.8, 4) is 40.2 Å². The van der Waals surface area contributed by atoms with Gasteiger partial charge in [0.15, 0.2) is 0 Å². The highest BCUT2D eigenvalue weighted by Crippen LogP contribution is 2.27. The molecule has 11 nitrogen and oxygen atoms in total. The maximum atomic E-state index is 15.3. The lowest BCUT2D eigenvalue weighted by Crippen LogP contribution is -2.14. The zero-order chi connectivity index (χ0) is 59.8. The van der Waals surface area contributed by atoms with Crippen molar-refractivity contribution in [1.29, 1.82) is 0 Å². The number of methoxy groups -OCH3 is 1. The zero-order valence-corrected chi connectivity index (χ0v) is 50.6. The number of rotatable bonds is 45. The van der Waals surface area contributed by atoms with E-state index >= 15 is 8.78 Å². The second kappa shape index (κ2) is 41.3. The predicted octanol–water partition coefficient (Wildman–Crippen LogP) is 20.1. The summed E-state index contributed by atoms with van der Waals surface area (Å²) in [6.07, 6.45) is 41.6. The molecule has 0 heterocycles. The van der Waals surface area contributed by atoms with Crippen LogP contribution in [0.2, 0.25) is 0 Å². The summed E-state index contributed by atoms with van der Waals surface area (Å²) in [5.74, 6) is -4.63. The van der Waals surface area contributed by atoms with Crippen LogP contribution in [-0.4, -0.2) is 44.2 Å². The van der Waals surface area contributed by atoms with Gasteiger partial charge in [0.05, 0.1) is 42.6 Å². The lowest BCUT2D eigenvalue weighted by molar-refractivity contribution is 0.0717. The van der Waals surface area contributed by atoms with Gasteiger partial charge in [0.25, 0.3) is 0 Å². The molecule has 0 aliphatic heterocycles. The summed E-state index contributed by atoms with van der Waals surface area (Å²) in [6, 6.07) is 23.2. The maximum absolute atomic E-state index is 15.3. The van der Waals surface area contributed by atoms with Crippen LogP contribution in [0.4, 0.5) is 8.78 Å². The highest BCUT2D eigenvalue weighted by atomic mass is 19.1. The molecule has 5 rings (SSSR count). The van der Waals surface area contributed by atoms with Gasteiger partial charge in [0, 0.05) is 12.1 Å². The van der Waals surface area contributed by atoms with Crippen molar-refractivity contribution in [3.05, 3.63) is 137 Å². The Morgan fingerprint density at radius 1 is 0.298 bits per heavy atom. The number of carbonyl (C=O) groups excluding carboxylic acids is 4. The third kappa shape index (κ3) is 27.3. The van der Waals surface area contributed by atoms with Crippen LogP contribution in [0.1, 0.15) is 261 Å². The van der Waals surface area contributed by atoms with Crippen molar-refractivity contribution < 1.29 is 61.1 Å². The molecule has 0 aliphatic carbocycles. The summed E-state index contributed by atoms with van der Waals surface area (Å²) in [6.45, 7) is 5.69. The molecule has 0 amide bonds. The Hall–Kier alpha value is -6.76. The van der Waals surface area contributed by atoms with Crippen LogP contribution < -0.4 is 33.2 Å². The third-order valence-corrected chi connectivity index (χ3v) is 15.0. The molecule has 5 aromatic rings. The number of ether oxygens (including phenoxy) is 7. The van der Waals surface area contributed by atoms with Crippen molar-refractivity contribution in [2.24, 2.45) is 0 Å². The number of hydrogen-bond acceptors (Lipinski definition) is 11. The summed E-state index contributed by atoms with van der Waals surface area (Å²) < 4.78 is 69.3. The summed E-state index contributed by atoms with van der Waals surface area (Å²) in [5.41, 5.74) is -1.11. The Morgan fingerprint density at radius 2 is 0.560 bits per heavy atom. The molecule has 0 atom stereocenters. The lowest BCUT2D eigenvalue weighted by atomic mass is 10.0. The molecule has 0 N–H and O–H groups in total. The molecule has 0 saturated heterocycles. The molecule has 0 aliphatic rings. The molecule has 0 fully saturated rings. The van der Waals surface area contributed by atoms with Gasteiger partial charge in [-0.3, -0.25) is 0 Å². The smallest absolute Gasteiger partial charge is 0.346 e. The number of esters is 4. The first kappa shape index (κ1) is 68.0. The van der Waals surface area contributed by atoms with E-state index in [0.29, 0.717) is 24.7 Å². The molecular formula is C71H94F2O11. The van der Waals surface area contributed by atoms with Crippen LogP contribution in [0.3, 0.4) is 0 Å². The summed E-state index contributed by atoms with van der Waals surface area (Å²) in [4.78, 5) is 52.5. The minimum atomic E-state index is -1.000. The fourth-order valence-corrected chi connectivity index (χ4v) is 9.95. The first-order valence-electron chi connectivity index (χ1n) is 31.7. The molecule has 458 valence electrons. The molecule has 84 heavy (non-hydrogen) atoms. The largest absolute Gasteiger partial charge is 0.497 e. The Morgan fingerprint density at radius 3 is 0.845 bits per heavy atom. The van der Waals surface area contributed by atoms with Crippen molar-refractivity contribution >= 4 is 23.9 Å². The van der Waals surface area contributed by atoms with Gasteiger partial charge >= 0.3 is 23.9 Å². The minimum Gasteiger partial charge on any atom is -0.497 e. The average Bonchev–Trinajstić information content (AvgIpc) is 3.70. The van der Waals surface area contributed by atoms with Gasteiger partial charge in [-0.25, -0.2) is 28.0 Å². The number of benzene rings is 5. The minimum absolute atomic E-state index is 0.0787. The van der Waals surface area contributed by atoms with Gasteiger partial charge in [0.1, 0.15) is 51.9 Å². The van der Waals surface area contributed by atoms with Crippen molar-refractivity contribution in [3.63, 3.8) is 0 Å². The van der Waals surface area contributed by atoms with Gasteiger partial charge in [-0.05, 0) is 104 Å². The zero-order valence-electron chi connectivity index (χ0n) is 50.6. The molecule has 0 bridgehead atoms. The SMILES string of the molecule is CCCCCCCCCCCCCCCCCCOc1ccc(OC(=O)c2ccc(OC(=O)c3cc(OC)cc(C(=O)Oc4ccc(C(=O)Oc5ccc(OCCCCCCCCCCCCCCCCCC)cc5)c(F)c4)c3)cc2F)cc1. The molecule has 0 aromatic heterocycles. The number of hydrogen-bond donors (Lipinski definition) is 0. The normalized spacial score (nSPS) is 11.1. The summed E-state index contributed by atoms with van der Waals surface area (Å²) >= 11 is 0. The van der Waals surface area contributed by atoms with Crippen LogP contribution in [0.25, 0.3) is 0 Å². The lowest BCUT2D eigenvalue weighted by Gasteiger charge is -2.11. The molecule has 0 unspecified atom stereocenters. The molecule has 0 radical (unpaired) electrons. The van der Waals surface area contributed by atoms with E-state index in [-0.39, 0.29) is 39.9 Å². The van der Waals surface area contributed by atoms with Gasteiger partial charge in [-0.2, -0.15) is 0 Å². The van der Waals surface area contributed by atoms with E-state index in [0.717, 1.165) is 56.0 Å². The summed E-state index contributed by atoms with van der Waals surface area (Å²) in [5, 5.41) is 0. The molecule has 5 aromatic carbocycles. The third-order valence-electron chi connectivity index (χ3n) is 15.0. The van der Waals surface area contributed by atoms with Crippen LogP contribution in [0.15, 0.2) is 103 Å². The van der Waals surface area contributed by atoms with Crippen LogP contribution in [0, 0.1) is 11.6 Å². The van der Waals surface area contributed by atoms with Crippen LogP contribution in [-0.2, 0) is 0 Å². The number of halogens is 2. The molecule has 0 spiro atoms. The maximum Gasteiger partial charge on any atom is 0.346 e. The molecule has 13 heteroatoms. The van der Waals surface area contributed by atoms with Crippen LogP contribution in [0.5, 0.6) is 40.2 Å². The van der Waals surface area contributed by atoms with E-state index in [1.165, 1.54) is 211 Å². The van der Waals surface area contributed by atoms with Crippen molar-refractivity contribution in [2.75, 3.05) is 20.3 Å². The van der Waals surface area contributed by atoms with E-state index in [1.54, 1.807) is 48.5 Å². The van der Waals surface area contributed by atoms with E-state index < -0.39 is 46.6 Å². The highest BCUT2D eigenvalue weighted by Gasteiger charge is 2.22. The fraction of sp³-hybridized carbons (Fsp3) is 0.521. The van der Waals surface area contributed by atoms with Gasteiger partial charge in [-0.1, -0.05) is 206 Å². The topological polar surface area (TPSA) is 133 Å². The number of unbranched alkanes of at least 4 members (excludes halogenated alkanes) is 30. The first-order valence-corrected chi connectivity index (χ1v) is 31.7. The second-order valence-corrected chi connectivity index (χ2v) is 22.0. The van der Waals surface area contributed by atoms with E-state index in [2.05, 4.69) is 13.8 Å². The highest BCUT2D eigenvalue weighted by molar-refractivity contribution is 5.98. The number of carbonyl (C=O) groups is 4. The Bertz CT molecular complexity index is 2490. The van der Waals surface area contributed by atoms with Gasteiger partial charge in [0.2, 0.25) is 0 Å². The van der Waals surface area contributed by atoms with E-state index in [1.807, 2.05) is 0 Å². The Balaban J connectivity index is 0.964. The molecular weight excluding hydrogens is 1070 g/mol. The molecule has 0 saturated carbocycles. The van der Waals surface area contributed by atoms with Gasteiger partial charge in [-0.15, -0.1) is 0 Å². The van der Waals surface area contributed by atoms with Crippen molar-refractivity contribution in [1.82, 2.24) is 0 Å². The second-order valence-electron chi connectivity index (χ2n) is 22.0. The predicted molar refractivity (Wildman–Crippen MR) is 329 cm³/mol. The quantitative estimate of drug-likeness (QED) is 0.0210. The van der Waals surface area contributed by atoms with Crippen molar-refractivity contribution in [2.45, 2.75) is 219 Å². The monoisotopic (exact) mass is 1160 g/mol. The summed E-state index contributed by atoms with van der Waals surface area (Å²) in [7, 11) is 1.32. The van der Waals surface area contributed by atoms with E-state index in [9.17, 15) is 19.2 Å².